The van der Waals surface area contributed by atoms with E-state index in [-0.39, 0.29) is 0 Å². The zero-order chi connectivity index (χ0) is 18.6. The van der Waals surface area contributed by atoms with Gasteiger partial charge in [0, 0.05) is 0 Å². The van der Waals surface area contributed by atoms with Crippen molar-refractivity contribution in [1.82, 2.24) is 0 Å². The monoisotopic (exact) mass is 348 g/mol. The lowest BCUT2D eigenvalue weighted by molar-refractivity contribution is 0.0573. The van der Waals surface area contributed by atoms with E-state index in [1.165, 1.54) is 51.4 Å². The van der Waals surface area contributed by atoms with Gasteiger partial charge in [-0.25, -0.2) is 0 Å². The van der Waals surface area contributed by atoms with Crippen molar-refractivity contribution in [3.05, 3.63) is 0 Å². The minimum absolute atomic E-state index is 0.835. The molecule has 0 bridgehead atoms. The summed E-state index contributed by atoms with van der Waals surface area (Å²) < 4.78 is 0. The fraction of sp³-hybridized carbons (Fsp3) is 1.00. The molecule has 8 atom stereocenters. The van der Waals surface area contributed by atoms with Crippen molar-refractivity contribution in [2.45, 2.75) is 106 Å². The van der Waals surface area contributed by atoms with Crippen molar-refractivity contribution in [3.63, 3.8) is 0 Å². The first-order chi connectivity index (χ1) is 11.9. The maximum Gasteiger partial charge on any atom is -0.0326 e. The molecule has 0 heterocycles. The zero-order valence-electron chi connectivity index (χ0n) is 18.6. The molecule has 0 aliphatic heterocycles. The molecular formula is C25H48. The SMILES string of the molecule is CCCCC1C2CC2C1C(C)CC(CC(CC)CCC)C(C)C(C)C. The Kier molecular flexibility index (Phi) is 8.35. The summed E-state index contributed by atoms with van der Waals surface area (Å²) >= 11 is 0. The summed E-state index contributed by atoms with van der Waals surface area (Å²) in [5.41, 5.74) is 0. The molecule has 0 saturated heterocycles. The van der Waals surface area contributed by atoms with E-state index in [0.29, 0.717) is 0 Å². The van der Waals surface area contributed by atoms with Crippen LogP contribution in [0.15, 0.2) is 0 Å². The largest absolute Gasteiger partial charge is 0.0654 e. The second-order valence-corrected chi connectivity index (χ2v) is 10.3. The molecule has 0 amide bonds. The van der Waals surface area contributed by atoms with E-state index in [9.17, 15) is 0 Å². The molecule has 2 saturated carbocycles. The van der Waals surface area contributed by atoms with Crippen molar-refractivity contribution in [3.8, 4) is 0 Å². The van der Waals surface area contributed by atoms with E-state index in [1.807, 2.05) is 0 Å². The predicted octanol–water partition coefficient (Wildman–Crippen LogP) is 8.21. The molecule has 0 aromatic heterocycles. The van der Waals surface area contributed by atoms with E-state index >= 15 is 0 Å². The number of fused-ring (bicyclic) bond motifs is 1. The molecular weight excluding hydrogens is 300 g/mol. The lowest BCUT2D eigenvalue weighted by Gasteiger charge is -2.43. The minimum Gasteiger partial charge on any atom is -0.0654 e. The van der Waals surface area contributed by atoms with Gasteiger partial charge in [0.2, 0.25) is 0 Å². The summed E-state index contributed by atoms with van der Waals surface area (Å²) in [5, 5.41) is 0. The summed E-state index contributed by atoms with van der Waals surface area (Å²) in [6.07, 6.45) is 13.2. The quantitative estimate of drug-likeness (QED) is 0.314. The first-order valence-corrected chi connectivity index (χ1v) is 11.9. The topological polar surface area (TPSA) is 0 Å². The standard InChI is InChI=1S/C25H48/c1-8-11-13-22-23-16-24(23)25(22)18(6)14-21(19(7)17(4)5)15-20(10-3)12-9-2/h17-25H,8-16H2,1-7H3. The van der Waals surface area contributed by atoms with Crippen molar-refractivity contribution in [2.75, 3.05) is 0 Å². The first kappa shape index (κ1) is 21.3. The van der Waals surface area contributed by atoms with E-state index in [2.05, 4.69) is 48.5 Å². The van der Waals surface area contributed by atoms with Crippen LogP contribution < -0.4 is 0 Å². The number of rotatable bonds is 13. The molecule has 2 rings (SSSR count). The zero-order valence-corrected chi connectivity index (χ0v) is 18.6. The Hall–Kier alpha value is 0. The summed E-state index contributed by atoms with van der Waals surface area (Å²) in [7, 11) is 0. The molecule has 0 radical (unpaired) electrons. The van der Waals surface area contributed by atoms with Gasteiger partial charge in [-0.3, -0.25) is 0 Å². The average Bonchev–Trinajstić information content (AvgIpc) is 3.26. The highest BCUT2D eigenvalue weighted by molar-refractivity contribution is 5.09. The van der Waals surface area contributed by atoms with Gasteiger partial charge >= 0.3 is 0 Å². The summed E-state index contributed by atoms with van der Waals surface area (Å²) in [4.78, 5) is 0. The Morgan fingerprint density at radius 3 is 2.16 bits per heavy atom. The van der Waals surface area contributed by atoms with E-state index in [1.54, 1.807) is 6.42 Å². The van der Waals surface area contributed by atoms with E-state index in [0.717, 1.165) is 53.3 Å². The average molecular weight is 349 g/mol. The highest BCUT2D eigenvalue weighted by Crippen LogP contribution is 2.68. The Labute approximate surface area is 159 Å². The fourth-order valence-electron chi connectivity index (χ4n) is 6.35. The number of hydrogen-bond donors (Lipinski definition) is 0. The second-order valence-electron chi connectivity index (χ2n) is 10.3. The fourth-order valence-corrected chi connectivity index (χ4v) is 6.35. The van der Waals surface area contributed by atoms with Crippen molar-refractivity contribution < 1.29 is 0 Å². The number of hydrogen-bond acceptors (Lipinski definition) is 0. The van der Waals surface area contributed by atoms with Crippen LogP contribution in [0, 0.1) is 53.3 Å². The van der Waals surface area contributed by atoms with Crippen molar-refractivity contribution in [1.29, 1.82) is 0 Å². The van der Waals surface area contributed by atoms with Crippen LogP contribution in [0.4, 0.5) is 0 Å². The van der Waals surface area contributed by atoms with Crippen LogP contribution in [0.25, 0.3) is 0 Å². The van der Waals surface area contributed by atoms with Gasteiger partial charge in [0.15, 0.2) is 0 Å². The van der Waals surface area contributed by atoms with Crippen LogP contribution in [0.5, 0.6) is 0 Å². The normalized spacial score (nSPS) is 32.6. The van der Waals surface area contributed by atoms with Gasteiger partial charge in [0.25, 0.3) is 0 Å². The molecule has 2 aliphatic rings. The lowest BCUT2D eigenvalue weighted by Crippen LogP contribution is -2.36. The highest BCUT2D eigenvalue weighted by Gasteiger charge is 2.61. The Bertz CT molecular complexity index is 370. The van der Waals surface area contributed by atoms with Crippen LogP contribution in [-0.2, 0) is 0 Å². The summed E-state index contributed by atoms with van der Waals surface area (Å²) in [5.74, 6) is 9.10. The lowest BCUT2D eigenvalue weighted by atomic mass is 9.62. The molecule has 0 heteroatoms. The van der Waals surface area contributed by atoms with Gasteiger partial charge in [-0.2, -0.15) is 0 Å². The smallest absolute Gasteiger partial charge is 0.0326 e. The van der Waals surface area contributed by atoms with Gasteiger partial charge < -0.3 is 0 Å². The van der Waals surface area contributed by atoms with Crippen LogP contribution in [-0.4, -0.2) is 0 Å². The van der Waals surface area contributed by atoms with Gasteiger partial charge in [0.05, 0.1) is 0 Å². The Morgan fingerprint density at radius 2 is 1.60 bits per heavy atom. The second kappa shape index (κ2) is 9.80. The summed E-state index contributed by atoms with van der Waals surface area (Å²) in [6.45, 7) is 17.2. The molecule has 2 aliphatic carbocycles. The minimum atomic E-state index is 0.835. The molecule has 0 nitrogen and oxygen atoms in total. The molecule has 0 N–H and O–H groups in total. The van der Waals surface area contributed by atoms with Gasteiger partial charge in [-0.1, -0.05) is 80.6 Å². The van der Waals surface area contributed by atoms with E-state index < -0.39 is 0 Å². The van der Waals surface area contributed by atoms with Gasteiger partial charge in [0.1, 0.15) is 0 Å². The van der Waals surface area contributed by atoms with Crippen molar-refractivity contribution in [2.24, 2.45) is 53.3 Å². The Morgan fingerprint density at radius 1 is 0.880 bits per heavy atom. The van der Waals surface area contributed by atoms with Crippen LogP contribution in [0.2, 0.25) is 0 Å². The van der Waals surface area contributed by atoms with Crippen LogP contribution >= 0.6 is 0 Å². The maximum atomic E-state index is 2.62. The molecule has 25 heavy (non-hydrogen) atoms. The van der Waals surface area contributed by atoms with Crippen LogP contribution in [0.1, 0.15) is 106 Å². The number of unbranched alkanes of at least 4 members (excludes halogenated alkanes) is 1. The maximum absolute atomic E-state index is 2.62. The highest BCUT2D eigenvalue weighted by atomic mass is 14.7. The molecule has 148 valence electrons. The van der Waals surface area contributed by atoms with Gasteiger partial charge in [-0.15, -0.1) is 0 Å². The molecule has 0 aromatic carbocycles. The molecule has 0 spiro atoms. The van der Waals surface area contributed by atoms with Crippen molar-refractivity contribution >= 4 is 0 Å². The van der Waals surface area contributed by atoms with E-state index in [4.69, 9.17) is 0 Å². The molecule has 2 fully saturated rings. The van der Waals surface area contributed by atoms with Gasteiger partial charge in [-0.05, 0) is 78.9 Å². The predicted molar refractivity (Wildman–Crippen MR) is 113 cm³/mol. The van der Waals surface area contributed by atoms with Crippen LogP contribution in [0.3, 0.4) is 0 Å². The summed E-state index contributed by atoms with van der Waals surface area (Å²) in [6, 6.07) is 0. The third-order valence-corrected chi connectivity index (χ3v) is 8.36. The first-order valence-electron chi connectivity index (χ1n) is 11.9. The molecule has 0 aromatic rings. The third kappa shape index (κ3) is 5.26. The third-order valence-electron chi connectivity index (χ3n) is 8.36. The Balaban J connectivity index is 1.95. The molecule has 8 unspecified atom stereocenters.